The second-order valence-electron chi connectivity index (χ2n) is 3.46. The average Bonchev–Trinajstić information content (AvgIpc) is 2.74. The highest BCUT2D eigenvalue weighted by Gasteiger charge is 2.14. The second-order valence-corrected chi connectivity index (χ2v) is 6.24. The van der Waals surface area contributed by atoms with Crippen LogP contribution in [0.5, 0.6) is 0 Å². The highest BCUT2D eigenvalue weighted by molar-refractivity contribution is 7.84. The van der Waals surface area contributed by atoms with E-state index in [1.165, 1.54) is 11.3 Å². The van der Waals surface area contributed by atoms with Gasteiger partial charge in [0, 0.05) is 35.4 Å². The molecular formula is C9H16N4O2S2. The Balaban J connectivity index is 2.49. The lowest BCUT2D eigenvalue weighted by Gasteiger charge is -2.07. The van der Waals surface area contributed by atoms with E-state index in [9.17, 15) is 9.00 Å². The van der Waals surface area contributed by atoms with E-state index in [4.69, 9.17) is 0 Å². The largest absolute Gasteiger partial charge is 0.360 e. The molecule has 2 unspecified atom stereocenters. The maximum absolute atomic E-state index is 11.7. The molecule has 0 spiro atoms. The van der Waals surface area contributed by atoms with Crippen LogP contribution in [0.25, 0.3) is 0 Å². The zero-order valence-electron chi connectivity index (χ0n) is 10.0. The third kappa shape index (κ3) is 4.39. The lowest BCUT2D eigenvalue weighted by molar-refractivity contribution is 0.0953. The van der Waals surface area contributed by atoms with Gasteiger partial charge in [-0.15, -0.1) is 10.2 Å². The molecule has 0 aliphatic heterocycles. The normalized spacial score (nSPS) is 14.1. The molecule has 1 rings (SSSR count). The first-order valence-electron chi connectivity index (χ1n) is 5.22. The number of rotatable bonds is 6. The summed E-state index contributed by atoms with van der Waals surface area (Å²) in [7, 11) is -0.941. The molecule has 0 aliphatic carbocycles. The van der Waals surface area contributed by atoms with Gasteiger partial charge in [-0.3, -0.25) is 9.00 Å². The lowest BCUT2D eigenvalue weighted by Crippen LogP contribution is -2.32. The van der Waals surface area contributed by atoms with Crippen LogP contribution in [-0.2, 0) is 10.8 Å². The van der Waals surface area contributed by atoms with Crippen LogP contribution in [0.2, 0.25) is 0 Å². The molecule has 1 aromatic rings. The van der Waals surface area contributed by atoms with Gasteiger partial charge in [0.15, 0.2) is 0 Å². The number of carbonyl (C=O) groups is 1. The van der Waals surface area contributed by atoms with Gasteiger partial charge in [0.2, 0.25) is 10.1 Å². The number of anilines is 1. The van der Waals surface area contributed by atoms with E-state index in [0.29, 0.717) is 16.7 Å². The maximum atomic E-state index is 11.7. The first kappa shape index (κ1) is 14.0. The van der Waals surface area contributed by atoms with Crippen LogP contribution in [0, 0.1) is 0 Å². The van der Waals surface area contributed by atoms with Crippen molar-refractivity contribution in [3.8, 4) is 0 Å². The number of nitrogens with one attached hydrogen (secondary N) is 2. The van der Waals surface area contributed by atoms with Crippen LogP contribution >= 0.6 is 11.3 Å². The van der Waals surface area contributed by atoms with Crippen molar-refractivity contribution in [2.75, 3.05) is 24.7 Å². The lowest BCUT2D eigenvalue weighted by atomic mass is 10.4. The van der Waals surface area contributed by atoms with Crippen LogP contribution in [0.15, 0.2) is 0 Å². The van der Waals surface area contributed by atoms with Crippen molar-refractivity contribution in [3.05, 3.63) is 5.01 Å². The maximum Gasteiger partial charge on any atom is 0.282 e. The summed E-state index contributed by atoms with van der Waals surface area (Å²) in [4.78, 5) is 11.7. The Hall–Kier alpha value is -1.02. The Morgan fingerprint density at radius 2 is 2.24 bits per heavy atom. The van der Waals surface area contributed by atoms with Gasteiger partial charge in [0.1, 0.15) is 0 Å². The Morgan fingerprint density at radius 1 is 1.53 bits per heavy atom. The Bertz CT molecular complexity index is 407. The van der Waals surface area contributed by atoms with E-state index >= 15 is 0 Å². The molecule has 2 N–H and O–H groups in total. The summed E-state index contributed by atoms with van der Waals surface area (Å²) in [6.45, 7) is 4.88. The van der Waals surface area contributed by atoms with E-state index in [2.05, 4.69) is 20.8 Å². The van der Waals surface area contributed by atoms with E-state index < -0.39 is 10.8 Å². The molecule has 0 aromatic carbocycles. The second kappa shape index (κ2) is 6.65. The molecule has 1 amide bonds. The predicted octanol–water partition coefficient (Wildman–Crippen LogP) is 0.467. The van der Waals surface area contributed by atoms with Gasteiger partial charge in [-0.1, -0.05) is 11.3 Å². The van der Waals surface area contributed by atoms with Gasteiger partial charge in [-0.2, -0.15) is 0 Å². The van der Waals surface area contributed by atoms with E-state index in [1.807, 2.05) is 13.8 Å². The molecule has 2 atom stereocenters. The molecule has 17 heavy (non-hydrogen) atoms. The van der Waals surface area contributed by atoms with E-state index in [1.54, 1.807) is 6.26 Å². The molecule has 1 aromatic heterocycles. The van der Waals surface area contributed by atoms with Crippen molar-refractivity contribution in [1.82, 2.24) is 15.5 Å². The summed E-state index contributed by atoms with van der Waals surface area (Å²) >= 11 is 1.20. The number of hydrogen-bond donors (Lipinski definition) is 2. The van der Waals surface area contributed by atoms with Gasteiger partial charge in [0.05, 0.1) is 0 Å². The number of carbonyl (C=O) groups excluding carboxylic acids is 1. The topological polar surface area (TPSA) is 84.0 Å². The van der Waals surface area contributed by atoms with Crippen LogP contribution < -0.4 is 10.6 Å². The number of nitrogens with zero attached hydrogens (tertiary/aromatic N) is 2. The third-order valence-corrected chi connectivity index (χ3v) is 4.24. The van der Waals surface area contributed by atoms with Crippen molar-refractivity contribution in [2.24, 2.45) is 0 Å². The van der Waals surface area contributed by atoms with Crippen LogP contribution in [0.3, 0.4) is 0 Å². The van der Waals surface area contributed by atoms with Gasteiger partial charge in [-0.25, -0.2) is 0 Å². The molecule has 0 aliphatic rings. The summed E-state index contributed by atoms with van der Waals surface area (Å²) in [5.41, 5.74) is 0. The molecule has 6 nitrogen and oxygen atoms in total. The summed E-state index contributed by atoms with van der Waals surface area (Å²) in [6.07, 6.45) is 1.62. The first-order valence-corrected chi connectivity index (χ1v) is 7.66. The summed E-state index contributed by atoms with van der Waals surface area (Å²) in [5, 5.41) is 14.1. The fraction of sp³-hybridized carbons (Fsp3) is 0.667. The van der Waals surface area contributed by atoms with Crippen molar-refractivity contribution in [1.29, 1.82) is 0 Å². The molecule has 0 saturated heterocycles. The van der Waals surface area contributed by atoms with Crippen molar-refractivity contribution >= 4 is 33.2 Å². The van der Waals surface area contributed by atoms with E-state index in [0.717, 1.165) is 6.54 Å². The van der Waals surface area contributed by atoms with Crippen LogP contribution in [0.1, 0.15) is 23.6 Å². The highest BCUT2D eigenvalue weighted by Crippen LogP contribution is 2.14. The number of amides is 1. The standard InChI is InChI=1S/C9H16N4O2S2/c1-4-10-9-13-12-8(16-9)7(14)11-5-6(2)17(3)15/h6H,4-5H2,1-3H3,(H,10,13)(H,11,14). The molecule has 0 bridgehead atoms. The first-order chi connectivity index (χ1) is 8.04. The van der Waals surface area contributed by atoms with E-state index in [-0.39, 0.29) is 11.2 Å². The number of aromatic nitrogens is 2. The molecule has 96 valence electrons. The van der Waals surface area contributed by atoms with Crippen molar-refractivity contribution < 1.29 is 9.00 Å². The van der Waals surface area contributed by atoms with Gasteiger partial charge < -0.3 is 10.6 Å². The number of hydrogen-bond acceptors (Lipinski definition) is 6. The van der Waals surface area contributed by atoms with Crippen molar-refractivity contribution in [3.63, 3.8) is 0 Å². The predicted molar refractivity (Wildman–Crippen MR) is 69.9 cm³/mol. The Kier molecular flexibility index (Phi) is 5.49. The monoisotopic (exact) mass is 276 g/mol. The highest BCUT2D eigenvalue weighted by atomic mass is 32.2. The fourth-order valence-electron chi connectivity index (χ4n) is 0.967. The summed E-state index contributed by atoms with van der Waals surface area (Å²) < 4.78 is 11.1. The van der Waals surface area contributed by atoms with Gasteiger partial charge in [-0.05, 0) is 13.8 Å². The molecular weight excluding hydrogens is 260 g/mol. The SMILES string of the molecule is CCNc1nnc(C(=O)NCC(C)S(C)=O)s1. The third-order valence-electron chi connectivity index (χ3n) is 2.06. The summed E-state index contributed by atoms with van der Waals surface area (Å²) in [6, 6.07) is 0. The Morgan fingerprint density at radius 3 is 2.82 bits per heavy atom. The molecule has 0 radical (unpaired) electrons. The average molecular weight is 276 g/mol. The molecule has 0 saturated carbocycles. The summed E-state index contributed by atoms with van der Waals surface area (Å²) in [5.74, 6) is -0.274. The minimum Gasteiger partial charge on any atom is -0.360 e. The van der Waals surface area contributed by atoms with Gasteiger partial charge in [0.25, 0.3) is 5.91 Å². The molecule has 8 heteroatoms. The fourth-order valence-corrected chi connectivity index (χ4v) is 2.01. The van der Waals surface area contributed by atoms with Gasteiger partial charge >= 0.3 is 0 Å². The minimum absolute atomic E-state index is 0.0693. The minimum atomic E-state index is -0.941. The molecule has 0 fully saturated rings. The van der Waals surface area contributed by atoms with Crippen LogP contribution in [-0.4, -0.2) is 44.9 Å². The zero-order valence-corrected chi connectivity index (χ0v) is 11.7. The van der Waals surface area contributed by atoms with Crippen molar-refractivity contribution in [2.45, 2.75) is 19.1 Å². The zero-order chi connectivity index (χ0) is 12.8. The quantitative estimate of drug-likeness (QED) is 0.789. The Labute approximate surface area is 107 Å². The van der Waals surface area contributed by atoms with Crippen LogP contribution in [0.4, 0.5) is 5.13 Å². The smallest absolute Gasteiger partial charge is 0.282 e. The molecule has 1 heterocycles.